The Hall–Kier alpha value is -0.850. The van der Waals surface area contributed by atoms with Gasteiger partial charge in [-0.3, -0.25) is 9.69 Å². The minimum atomic E-state index is 0. The number of likely N-dealkylation sites (N-methyl/N-ethyl adjacent to an activating group) is 1. The number of halogens is 2. The lowest BCUT2D eigenvalue weighted by atomic mass is 9.89. The van der Waals surface area contributed by atoms with E-state index in [1.54, 1.807) is 0 Å². The fourth-order valence-corrected chi connectivity index (χ4v) is 3.95. The third-order valence-corrected chi connectivity index (χ3v) is 5.60. The van der Waals surface area contributed by atoms with Crippen LogP contribution in [0, 0.1) is 5.92 Å². The SMILES string of the molecule is CCN1CCN(CC(=O)N2C[C@@H](CN)[C@H](c3ccccc3)C2)CC1.Cl.Cl. The summed E-state index contributed by atoms with van der Waals surface area (Å²) < 4.78 is 0. The maximum Gasteiger partial charge on any atom is 0.236 e. The fraction of sp³-hybridized carbons (Fsp3) is 0.632. The number of carbonyl (C=O) groups excluding carboxylic acids is 1. The minimum Gasteiger partial charge on any atom is -0.341 e. The zero-order valence-corrected chi connectivity index (χ0v) is 17.2. The number of rotatable bonds is 5. The van der Waals surface area contributed by atoms with E-state index in [1.165, 1.54) is 5.56 Å². The number of likely N-dealkylation sites (tertiary alicyclic amines) is 1. The maximum atomic E-state index is 12.7. The highest BCUT2D eigenvalue weighted by Gasteiger charge is 2.35. The topological polar surface area (TPSA) is 52.8 Å². The lowest BCUT2D eigenvalue weighted by Crippen LogP contribution is -2.49. The van der Waals surface area contributed by atoms with Crippen molar-refractivity contribution in [1.82, 2.24) is 14.7 Å². The van der Waals surface area contributed by atoms with Crippen LogP contribution < -0.4 is 5.73 Å². The molecule has 1 aromatic rings. The summed E-state index contributed by atoms with van der Waals surface area (Å²) >= 11 is 0. The zero-order valence-electron chi connectivity index (χ0n) is 15.5. The molecule has 2 heterocycles. The molecule has 148 valence electrons. The summed E-state index contributed by atoms with van der Waals surface area (Å²) in [5.41, 5.74) is 7.29. The van der Waals surface area contributed by atoms with Crippen molar-refractivity contribution in [1.29, 1.82) is 0 Å². The van der Waals surface area contributed by atoms with E-state index in [4.69, 9.17) is 5.73 Å². The third-order valence-electron chi connectivity index (χ3n) is 5.60. The van der Waals surface area contributed by atoms with Crippen molar-refractivity contribution in [2.24, 2.45) is 11.7 Å². The van der Waals surface area contributed by atoms with E-state index >= 15 is 0 Å². The van der Waals surface area contributed by atoms with Crippen molar-refractivity contribution in [2.45, 2.75) is 12.8 Å². The van der Waals surface area contributed by atoms with Crippen LogP contribution in [0.1, 0.15) is 18.4 Å². The number of amides is 1. The second-order valence-corrected chi connectivity index (χ2v) is 7.02. The third kappa shape index (κ3) is 5.57. The van der Waals surface area contributed by atoms with Gasteiger partial charge in [-0.1, -0.05) is 37.3 Å². The molecule has 0 aliphatic carbocycles. The fourth-order valence-electron chi connectivity index (χ4n) is 3.95. The van der Waals surface area contributed by atoms with Crippen molar-refractivity contribution in [2.75, 3.05) is 58.9 Å². The molecule has 2 aliphatic heterocycles. The van der Waals surface area contributed by atoms with Gasteiger partial charge in [0.25, 0.3) is 0 Å². The second-order valence-electron chi connectivity index (χ2n) is 7.02. The van der Waals surface area contributed by atoms with Crippen LogP contribution in [0.4, 0.5) is 0 Å². The molecule has 0 bridgehead atoms. The number of carbonyl (C=O) groups is 1. The van der Waals surface area contributed by atoms with Gasteiger partial charge in [-0.2, -0.15) is 0 Å². The van der Waals surface area contributed by atoms with Gasteiger partial charge in [0.2, 0.25) is 5.91 Å². The summed E-state index contributed by atoms with van der Waals surface area (Å²) in [5, 5.41) is 0. The molecular formula is C19H32Cl2N4O. The molecule has 0 aromatic heterocycles. The Kier molecular flexibility index (Phi) is 9.90. The number of hydrogen-bond donors (Lipinski definition) is 1. The molecule has 1 amide bonds. The molecule has 0 radical (unpaired) electrons. The first kappa shape index (κ1) is 23.2. The number of benzene rings is 1. The zero-order chi connectivity index (χ0) is 16.9. The van der Waals surface area contributed by atoms with Crippen LogP contribution in [0.5, 0.6) is 0 Å². The smallest absolute Gasteiger partial charge is 0.236 e. The number of nitrogens with two attached hydrogens (primary N) is 1. The average molecular weight is 403 g/mol. The first-order chi connectivity index (χ1) is 11.7. The van der Waals surface area contributed by atoms with Crippen molar-refractivity contribution in [3.63, 3.8) is 0 Å². The summed E-state index contributed by atoms with van der Waals surface area (Å²) in [6.07, 6.45) is 0. The quantitative estimate of drug-likeness (QED) is 0.813. The molecule has 0 unspecified atom stereocenters. The van der Waals surface area contributed by atoms with Gasteiger partial charge in [0, 0.05) is 45.2 Å². The van der Waals surface area contributed by atoms with Crippen molar-refractivity contribution >= 4 is 30.7 Å². The Morgan fingerprint density at radius 3 is 2.23 bits per heavy atom. The van der Waals surface area contributed by atoms with Crippen LogP contribution >= 0.6 is 24.8 Å². The van der Waals surface area contributed by atoms with Crippen LogP contribution in [-0.4, -0.2) is 79.5 Å². The standard InChI is InChI=1S/C19H30N4O.2ClH/c1-2-21-8-10-22(11-9-21)15-19(24)23-13-17(12-20)18(14-23)16-6-4-3-5-7-16;;/h3-7,17-18H,2,8-15,20H2,1H3;2*1H/t17-,18+;;/m1../s1. The van der Waals surface area contributed by atoms with Crippen LogP contribution in [0.25, 0.3) is 0 Å². The molecule has 7 heteroatoms. The molecule has 0 saturated carbocycles. The van der Waals surface area contributed by atoms with E-state index in [0.29, 0.717) is 24.9 Å². The van der Waals surface area contributed by atoms with Crippen molar-refractivity contribution in [3.05, 3.63) is 35.9 Å². The average Bonchev–Trinajstić information content (AvgIpc) is 3.08. The monoisotopic (exact) mass is 402 g/mol. The minimum absolute atomic E-state index is 0. The predicted molar refractivity (Wildman–Crippen MR) is 111 cm³/mol. The second kappa shape index (κ2) is 11.1. The molecule has 0 spiro atoms. The number of piperazine rings is 1. The van der Waals surface area contributed by atoms with Gasteiger partial charge in [0.05, 0.1) is 6.54 Å². The van der Waals surface area contributed by atoms with E-state index < -0.39 is 0 Å². The number of hydrogen-bond acceptors (Lipinski definition) is 4. The highest BCUT2D eigenvalue weighted by molar-refractivity contribution is 5.85. The number of nitrogens with zero attached hydrogens (tertiary/aromatic N) is 3. The summed E-state index contributed by atoms with van der Waals surface area (Å²) in [6.45, 7) is 10.2. The maximum absolute atomic E-state index is 12.7. The molecule has 3 rings (SSSR count). The normalized spacial score (nSPS) is 24.0. The summed E-state index contributed by atoms with van der Waals surface area (Å²) in [4.78, 5) is 19.5. The van der Waals surface area contributed by atoms with Crippen LogP contribution in [0.3, 0.4) is 0 Å². The molecule has 26 heavy (non-hydrogen) atoms. The Balaban J connectivity index is 0.00000169. The van der Waals surface area contributed by atoms with E-state index in [9.17, 15) is 4.79 Å². The van der Waals surface area contributed by atoms with Gasteiger partial charge >= 0.3 is 0 Å². The molecule has 5 nitrogen and oxygen atoms in total. The van der Waals surface area contributed by atoms with Crippen LogP contribution in [0.15, 0.2) is 30.3 Å². The molecule has 2 atom stereocenters. The molecule has 2 N–H and O–H groups in total. The van der Waals surface area contributed by atoms with Gasteiger partial charge < -0.3 is 15.5 Å². The molecule has 2 saturated heterocycles. The van der Waals surface area contributed by atoms with Crippen LogP contribution in [-0.2, 0) is 4.79 Å². The Morgan fingerprint density at radius 2 is 1.65 bits per heavy atom. The summed E-state index contributed by atoms with van der Waals surface area (Å²) in [7, 11) is 0. The Bertz CT molecular complexity index is 538. The molecular weight excluding hydrogens is 371 g/mol. The first-order valence-corrected chi connectivity index (χ1v) is 9.18. The van der Waals surface area contributed by atoms with Gasteiger partial charge in [-0.25, -0.2) is 0 Å². The van der Waals surface area contributed by atoms with E-state index in [1.807, 2.05) is 11.0 Å². The van der Waals surface area contributed by atoms with E-state index in [0.717, 1.165) is 45.8 Å². The van der Waals surface area contributed by atoms with Crippen molar-refractivity contribution < 1.29 is 4.79 Å². The van der Waals surface area contributed by atoms with E-state index in [-0.39, 0.29) is 30.7 Å². The molecule has 1 aromatic carbocycles. The Morgan fingerprint density at radius 1 is 1.04 bits per heavy atom. The van der Waals surface area contributed by atoms with Gasteiger partial charge in [-0.05, 0) is 24.6 Å². The van der Waals surface area contributed by atoms with Crippen molar-refractivity contribution in [3.8, 4) is 0 Å². The largest absolute Gasteiger partial charge is 0.341 e. The van der Waals surface area contributed by atoms with E-state index in [2.05, 4.69) is 41.0 Å². The molecule has 2 fully saturated rings. The predicted octanol–water partition coefficient (Wildman–Crippen LogP) is 1.67. The summed E-state index contributed by atoms with van der Waals surface area (Å²) in [6, 6.07) is 10.5. The highest BCUT2D eigenvalue weighted by atomic mass is 35.5. The lowest BCUT2D eigenvalue weighted by molar-refractivity contribution is -0.132. The van der Waals surface area contributed by atoms with Gasteiger partial charge in [0.15, 0.2) is 0 Å². The Labute approximate surface area is 169 Å². The lowest BCUT2D eigenvalue weighted by Gasteiger charge is -2.34. The van der Waals surface area contributed by atoms with Gasteiger partial charge in [-0.15, -0.1) is 24.8 Å². The highest BCUT2D eigenvalue weighted by Crippen LogP contribution is 2.32. The summed E-state index contributed by atoms with van der Waals surface area (Å²) in [5.74, 6) is 1.00. The molecule has 2 aliphatic rings. The van der Waals surface area contributed by atoms with Crippen LogP contribution in [0.2, 0.25) is 0 Å². The first-order valence-electron chi connectivity index (χ1n) is 9.18. The van der Waals surface area contributed by atoms with Gasteiger partial charge in [0.1, 0.15) is 0 Å².